The molecular formula is C34H37N3O4S. The van der Waals surface area contributed by atoms with Crippen LogP contribution in [0.3, 0.4) is 0 Å². The molecule has 8 heteroatoms. The van der Waals surface area contributed by atoms with Crippen molar-refractivity contribution in [1.29, 1.82) is 0 Å². The minimum absolute atomic E-state index is 0.0841. The Kier molecular flexibility index (Phi) is 9.80. The average Bonchev–Trinajstić information content (AvgIpc) is 2.99. The molecule has 0 aliphatic rings. The normalized spacial score (nSPS) is 11.9. The summed E-state index contributed by atoms with van der Waals surface area (Å²) in [6, 6.07) is 29.9. The maximum absolute atomic E-state index is 14.3. The van der Waals surface area contributed by atoms with Crippen LogP contribution in [0.4, 0.5) is 5.69 Å². The lowest BCUT2D eigenvalue weighted by molar-refractivity contribution is -0.139. The van der Waals surface area contributed by atoms with Crippen LogP contribution in [0.2, 0.25) is 0 Å². The Labute approximate surface area is 248 Å². The van der Waals surface area contributed by atoms with Gasteiger partial charge in [-0.25, -0.2) is 8.42 Å². The predicted octanol–water partition coefficient (Wildman–Crippen LogP) is 5.19. The van der Waals surface area contributed by atoms with Crippen LogP contribution in [0.1, 0.15) is 27.8 Å². The summed E-state index contributed by atoms with van der Waals surface area (Å²) in [5.74, 6) is -0.820. The van der Waals surface area contributed by atoms with E-state index in [1.807, 2.05) is 87.5 Å². The number of carbonyl (C=O) groups is 2. The number of nitrogens with zero attached hydrogens (tertiary/aromatic N) is 2. The summed E-state index contributed by atoms with van der Waals surface area (Å²) in [4.78, 5) is 29.2. The maximum atomic E-state index is 14.3. The molecule has 0 fully saturated rings. The smallest absolute Gasteiger partial charge is 0.264 e. The summed E-state index contributed by atoms with van der Waals surface area (Å²) < 4.78 is 29.3. The molecule has 4 aromatic carbocycles. The Morgan fingerprint density at radius 3 is 1.93 bits per heavy atom. The first-order valence-electron chi connectivity index (χ1n) is 13.9. The second-order valence-electron chi connectivity index (χ2n) is 10.4. The van der Waals surface area contributed by atoms with Crippen molar-refractivity contribution in [2.75, 3.05) is 17.9 Å². The number of amides is 2. The molecular weight excluding hydrogens is 546 g/mol. The zero-order chi connectivity index (χ0) is 30.3. The first-order chi connectivity index (χ1) is 20.1. The van der Waals surface area contributed by atoms with Gasteiger partial charge in [-0.3, -0.25) is 13.9 Å². The third-order valence-electron chi connectivity index (χ3n) is 7.38. The molecule has 0 aromatic heterocycles. The molecule has 0 saturated carbocycles. The number of nitrogens with one attached hydrogen (secondary N) is 1. The minimum atomic E-state index is -4.13. The number of hydrogen-bond donors (Lipinski definition) is 1. The van der Waals surface area contributed by atoms with Crippen molar-refractivity contribution in [3.8, 4) is 0 Å². The highest BCUT2D eigenvalue weighted by Crippen LogP contribution is 2.27. The number of rotatable bonds is 11. The van der Waals surface area contributed by atoms with Crippen molar-refractivity contribution >= 4 is 27.5 Å². The van der Waals surface area contributed by atoms with E-state index in [9.17, 15) is 18.0 Å². The quantitative estimate of drug-likeness (QED) is 0.263. The highest BCUT2D eigenvalue weighted by molar-refractivity contribution is 7.92. The molecule has 1 atom stereocenters. The van der Waals surface area contributed by atoms with Gasteiger partial charge in [0.1, 0.15) is 12.6 Å². The van der Waals surface area contributed by atoms with Crippen molar-refractivity contribution in [1.82, 2.24) is 10.2 Å². The monoisotopic (exact) mass is 583 g/mol. The first kappa shape index (κ1) is 30.5. The molecule has 2 amide bonds. The third kappa shape index (κ3) is 7.25. The van der Waals surface area contributed by atoms with Crippen LogP contribution in [0.25, 0.3) is 0 Å². The Morgan fingerprint density at radius 2 is 1.36 bits per heavy atom. The number of anilines is 1. The molecule has 4 aromatic rings. The lowest BCUT2D eigenvalue weighted by Crippen LogP contribution is -2.53. The van der Waals surface area contributed by atoms with E-state index >= 15 is 0 Å². The third-order valence-corrected chi connectivity index (χ3v) is 9.17. The first-order valence-corrected chi connectivity index (χ1v) is 15.3. The molecule has 0 aliphatic carbocycles. The molecule has 0 spiro atoms. The van der Waals surface area contributed by atoms with Gasteiger partial charge in [0.15, 0.2) is 0 Å². The molecule has 4 rings (SSSR count). The molecule has 0 aliphatic heterocycles. The number of carbonyl (C=O) groups excluding carboxylic acids is 2. The second kappa shape index (κ2) is 13.5. The van der Waals surface area contributed by atoms with E-state index in [2.05, 4.69) is 5.32 Å². The topological polar surface area (TPSA) is 86.8 Å². The fourth-order valence-electron chi connectivity index (χ4n) is 4.75. The van der Waals surface area contributed by atoms with Gasteiger partial charge in [-0.15, -0.1) is 0 Å². The van der Waals surface area contributed by atoms with Gasteiger partial charge in [-0.2, -0.15) is 0 Å². The van der Waals surface area contributed by atoms with E-state index in [1.165, 1.54) is 11.9 Å². The summed E-state index contributed by atoms with van der Waals surface area (Å²) in [7, 11) is -2.59. The molecule has 0 bridgehead atoms. The van der Waals surface area contributed by atoms with Gasteiger partial charge in [0.2, 0.25) is 11.8 Å². The minimum Gasteiger partial charge on any atom is -0.357 e. The van der Waals surface area contributed by atoms with Crippen molar-refractivity contribution in [2.24, 2.45) is 0 Å². The van der Waals surface area contributed by atoms with Crippen LogP contribution in [-0.4, -0.2) is 44.8 Å². The van der Waals surface area contributed by atoms with Gasteiger partial charge >= 0.3 is 0 Å². The molecule has 0 saturated heterocycles. The highest BCUT2D eigenvalue weighted by atomic mass is 32.2. The van der Waals surface area contributed by atoms with E-state index in [1.54, 1.807) is 36.4 Å². The van der Waals surface area contributed by atoms with Crippen LogP contribution in [0, 0.1) is 20.8 Å². The largest absolute Gasteiger partial charge is 0.357 e. The predicted molar refractivity (Wildman–Crippen MR) is 167 cm³/mol. The number of aryl methyl sites for hydroxylation is 3. The number of benzene rings is 4. The summed E-state index contributed by atoms with van der Waals surface area (Å²) >= 11 is 0. The fraction of sp³-hybridized carbons (Fsp3) is 0.235. The van der Waals surface area contributed by atoms with Gasteiger partial charge in [-0.1, -0.05) is 84.4 Å². The molecule has 218 valence electrons. The number of likely N-dealkylation sites (N-methyl/N-ethyl adjacent to an activating group) is 1. The molecule has 0 heterocycles. The van der Waals surface area contributed by atoms with Crippen LogP contribution in [0.15, 0.2) is 108 Å². The Bertz CT molecular complexity index is 1620. The van der Waals surface area contributed by atoms with Gasteiger partial charge in [-0.05, 0) is 67.3 Å². The Hall–Kier alpha value is -4.43. The standard InChI is InChI=1S/C34H37N3O4S/c1-25-15-19-31(20-16-25)42(40,41)37(30-18-17-26(2)27(3)21-30)24-33(38)36(23-29-13-9-6-10-14-29)32(34(39)35-4)22-28-11-7-5-8-12-28/h5-21,32H,22-24H2,1-4H3,(H,35,39)/t32-/m0/s1. The van der Waals surface area contributed by atoms with Crippen molar-refractivity contribution in [2.45, 2.75) is 44.7 Å². The lowest BCUT2D eigenvalue weighted by Gasteiger charge is -2.33. The zero-order valence-corrected chi connectivity index (χ0v) is 25.3. The van der Waals surface area contributed by atoms with E-state index in [0.29, 0.717) is 5.69 Å². The summed E-state index contributed by atoms with van der Waals surface area (Å²) in [5, 5.41) is 2.70. The van der Waals surface area contributed by atoms with Crippen LogP contribution in [0.5, 0.6) is 0 Å². The Balaban J connectivity index is 1.79. The SMILES string of the molecule is CNC(=O)[C@H](Cc1ccccc1)N(Cc1ccccc1)C(=O)CN(c1ccc(C)c(C)c1)S(=O)(=O)c1ccc(C)cc1. The molecule has 1 N–H and O–H groups in total. The van der Waals surface area contributed by atoms with Crippen LogP contribution in [-0.2, 0) is 32.6 Å². The zero-order valence-electron chi connectivity index (χ0n) is 24.4. The fourth-order valence-corrected chi connectivity index (χ4v) is 6.15. The maximum Gasteiger partial charge on any atom is 0.264 e. The Morgan fingerprint density at radius 1 is 0.762 bits per heavy atom. The van der Waals surface area contributed by atoms with Gasteiger partial charge in [0.05, 0.1) is 10.6 Å². The van der Waals surface area contributed by atoms with Crippen molar-refractivity contribution in [3.05, 3.63) is 131 Å². The molecule has 7 nitrogen and oxygen atoms in total. The molecule has 42 heavy (non-hydrogen) atoms. The highest BCUT2D eigenvalue weighted by Gasteiger charge is 2.34. The summed E-state index contributed by atoms with van der Waals surface area (Å²) in [6.07, 6.45) is 0.271. The van der Waals surface area contributed by atoms with Crippen molar-refractivity contribution in [3.63, 3.8) is 0 Å². The second-order valence-corrected chi connectivity index (χ2v) is 12.3. The van der Waals surface area contributed by atoms with Gasteiger partial charge in [0.25, 0.3) is 10.0 Å². The lowest BCUT2D eigenvalue weighted by atomic mass is 10.0. The van der Waals surface area contributed by atoms with Crippen LogP contribution >= 0.6 is 0 Å². The summed E-state index contributed by atoms with van der Waals surface area (Å²) in [5.41, 5.74) is 4.92. The van der Waals surface area contributed by atoms with Gasteiger partial charge in [0, 0.05) is 20.0 Å². The van der Waals surface area contributed by atoms with E-state index in [4.69, 9.17) is 0 Å². The van der Waals surface area contributed by atoms with Crippen LogP contribution < -0.4 is 9.62 Å². The molecule has 0 radical (unpaired) electrons. The van der Waals surface area contributed by atoms with E-state index in [-0.39, 0.29) is 23.8 Å². The number of sulfonamides is 1. The average molecular weight is 584 g/mol. The van der Waals surface area contributed by atoms with Crippen molar-refractivity contribution < 1.29 is 18.0 Å². The van der Waals surface area contributed by atoms with Gasteiger partial charge < -0.3 is 10.2 Å². The van der Waals surface area contributed by atoms with E-state index in [0.717, 1.165) is 32.1 Å². The molecule has 0 unspecified atom stereocenters. The summed E-state index contributed by atoms with van der Waals surface area (Å²) in [6.45, 7) is 5.39. The van der Waals surface area contributed by atoms with E-state index < -0.39 is 28.5 Å². The number of hydrogen-bond acceptors (Lipinski definition) is 4.